The van der Waals surface area contributed by atoms with Gasteiger partial charge in [0, 0.05) is 6.54 Å². The molecular weight excluding hydrogens is 262 g/mol. The lowest BCUT2D eigenvalue weighted by atomic mass is 10.1. The van der Waals surface area contributed by atoms with Crippen LogP contribution in [0.25, 0.3) is 0 Å². The maximum Gasteiger partial charge on any atom is 0.241 e. The zero-order valence-electron chi connectivity index (χ0n) is 12.5. The highest BCUT2D eigenvalue weighted by atomic mass is 32.2. The van der Waals surface area contributed by atoms with Crippen molar-refractivity contribution in [3.05, 3.63) is 22.8 Å². The average Bonchev–Trinajstić information content (AvgIpc) is 2.31. The van der Waals surface area contributed by atoms with Gasteiger partial charge in [-0.3, -0.25) is 0 Å². The first kappa shape index (κ1) is 16.0. The molecule has 1 aromatic rings. The molecule has 0 aliphatic carbocycles. The Morgan fingerprint density at radius 3 is 2.26 bits per heavy atom. The van der Waals surface area contributed by atoms with Crippen LogP contribution in [0.15, 0.2) is 11.0 Å². The Labute approximate surface area is 116 Å². The average molecular weight is 285 g/mol. The summed E-state index contributed by atoms with van der Waals surface area (Å²) in [5.41, 5.74) is 2.31. The molecule has 0 radical (unpaired) electrons. The lowest BCUT2D eigenvalue weighted by Crippen LogP contribution is -2.29. The molecule has 0 saturated carbocycles. The van der Waals surface area contributed by atoms with Crippen molar-refractivity contribution in [2.24, 2.45) is 5.92 Å². The predicted octanol–water partition coefficient (Wildman–Crippen LogP) is 2.55. The van der Waals surface area contributed by atoms with Crippen molar-refractivity contribution in [1.82, 2.24) is 4.72 Å². The van der Waals surface area contributed by atoms with Gasteiger partial charge in [0.25, 0.3) is 0 Å². The molecule has 0 heterocycles. The number of ether oxygens (including phenoxy) is 1. The lowest BCUT2D eigenvalue weighted by Gasteiger charge is -2.17. The summed E-state index contributed by atoms with van der Waals surface area (Å²) in [5.74, 6) is 0.993. The van der Waals surface area contributed by atoms with Crippen LogP contribution in [0.1, 0.15) is 30.5 Å². The van der Waals surface area contributed by atoms with Gasteiger partial charge in [-0.05, 0) is 49.4 Å². The van der Waals surface area contributed by atoms with E-state index in [-0.39, 0.29) is 5.92 Å². The molecule has 0 fully saturated rings. The van der Waals surface area contributed by atoms with Crippen LogP contribution < -0.4 is 9.46 Å². The maximum absolute atomic E-state index is 12.4. The lowest BCUT2D eigenvalue weighted by molar-refractivity contribution is 0.410. The van der Waals surface area contributed by atoms with Crippen LogP contribution in [0.2, 0.25) is 0 Å². The zero-order chi connectivity index (χ0) is 14.8. The van der Waals surface area contributed by atoms with Gasteiger partial charge in [0.1, 0.15) is 5.75 Å². The summed E-state index contributed by atoms with van der Waals surface area (Å²) in [6.45, 7) is 9.86. The van der Waals surface area contributed by atoms with Crippen LogP contribution in [-0.4, -0.2) is 22.1 Å². The molecule has 0 aromatic heterocycles. The largest absolute Gasteiger partial charge is 0.496 e. The Hall–Kier alpha value is -1.07. The first-order chi connectivity index (χ1) is 8.70. The summed E-state index contributed by atoms with van der Waals surface area (Å²) in [6, 6.07) is 1.77. The minimum atomic E-state index is -3.47. The van der Waals surface area contributed by atoms with Crippen LogP contribution >= 0.6 is 0 Å². The van der Waals surface area contributed by atoms with Crippen molar-refractivity contribution >= 4 is 10.0 Å². The minimum absolute atomic E-state index is 0.273. The molecule has 0 aliphatic heterocycles. The van der Waals surface area contributed by atoms with Gasteiger partial charge in [-0.25, -0.2) is 13.1 Å². The fraction of sp³-hybridized carbons (Fsp3) is 0.571. The van der Waals surface area contributed by atoms with Gasteiger partial charge < -0.3 is 4.74 Å². The second-order valence-electron chi connectivity index (χ2n) is 5.22. The van der Waals surface area contributed by atoms with Crippen LogP contribution in [0.5, 0.6) is 5.75 Å². The molecule has 1 N–H and O–H groups in total. The van der Waals surface area contributed by atoms with Crippen molar-refractivity contribution in [3.8, 4) is 5.75 Å². The molecule has 1 aromatic carbocycles. The van der Waals surface area contributed by atoms with Crippen LogP contribution in [0.3, 0.4) is 0 Å². The van der Waals surface area contributed by atoms with Crippen LogP contribution in [-0.2, 0) is 10.0 Å². The molecular formula is C14H23NO3S. The molecule has 1 rings (SSSR count). The van der Waals surface area contributed by atoms with Gasteiger partial charge in [-0.1, -0.05) is 13.8 Å². The maximum atomic E-state index is 12.4. The summed E-state index contributed by atoms with van der Waals surface area (Å²) in [5, 5.41) is 0. The standard InChI is InChI=1S/C14H23NO3S/c1-9(2)8-15-19(16,17)14-10(3)7-13(18-6)11(4)12(14)5/h7,9,15H,8H2,1-6H3. The van der Waals surface area contributed by atoms with Crippen molar-refractivity contribution < 1.29 is 13.2 Å². The molecule has 108 valence electrons. The monoisotopic (exact) mass is 285 g/mol. The summed E-state index contributed by atoms with van der Waals surface area (Å²) >= 11 is 0. The molecule has 0 spiro atoms. The van der Waals surface area contributed by atoms with E-state index in [1.807, 2.05) is 27.7 Å². The topological polar surface area (TPSA) is 55.4 Å². The third-order valence-electron chi connectivity index (χ3n) is 3.15. The normalized spacial score (nSPS) is 11.9. The van der Waals surface area contributed by atoms with Crippen molar-refractivity contribution in [3.63, 3.8) is 0 Å². The second kappa shape index (κ2) is 5.92. The molecule has 4 nitrogen and oxygen atoms in total. The Morgan fingerprint density at radius 1 is 1.21 bits per heavy atom. The fourth-order valence-corrected chi connectivity index (χ4v) is 3.73. The van der Waals surface area contributed by atoms with E-state index in [0.717, 1.165) is 16.9 Å². The van der Waals surface area contributed by atoms with Gasteiger partial charge in [-0.15, -0.1) is 0 Å². The predicted molar refractivity (Wildman–Crippen MR) is 77.2 cm³/mol. The Morgan fingerprint density at radius 2 is 1.79 bits per heavy atom. The van der Waals surface area contributed by atoms with Crippen molar-refractivity contribution in [2.45, 2.75) is 39.5 Å². The molecule has 0 amide bonds. The Kier molecular flexibility index (Phi) is 4.98. The van der Waals surface area contributed by atoms with E-state index in [1.165, 1.54) is 0 Å². The highest BCUT2D eigenvalue weighted by Crippen LogP contribution is 2.30. The van der Waals surface area contributed by atoms with Crippen molar-refractivity contribution in [2.75, 3.05) is 13.7 Å². The Balaban J connectivity index is 3.31. The number of methoxy groups -OCH3 is 1. The minimum Gasteiger partial charge on any atom is -0.496 e. The Bertz CT molecular complexity index is 563. The molecule has 0 unspecified atom stereocenters. The van der Waals surface area contributed by atoms with Gasteiger partial charge in [0.15, 0.2) is 0 Å². The second-order valence-corrected chi connectivity index (χ2v) is 6.92. The van der Waals surface area contributed by atoms with Gasteiger partial charge in [0.05, 0.1) is 12.0 Å². The number of aryl methyl sites for hydroxylation is 1. The summed E-state index contributed by atoms with van der Waals surface area (Å²) in [4.78, 5) is 0.367. The number of nitrogens with one attached hydrogen (secondary N) is 1. The smallest absolute Gasteiger partial charge is 0.241 e. The quantitative estimate of drug-likeness (QED) is 0.904. The molecule has 0 saturated heterocycles. The van der Waals surface area contributed by atoms with E-state index >= 15 is 0 Å². The summed E-state index contributed by atoms with van der Waals surface area (Å²) in [7, 11) is -1.88. The SMILES string of the molecule is COc1cc(C)c(S(=O)(=O)NCC(C)C)c(C)c1C. The van der Waals surface area contributed by atoms with Gasteiger partial charge >= 0.3 is 0 Å². The van der Waals surface area contributed by atoms with E-state index < -0.39 is 10.0 Å². The van der Waals surface area contributed by atoms with E-state index in [1.54, 1.807) is 20.1 Å². The van der Waals surface area contributed by atoms with Crippen LogP contribution in [0.4, 0.5) is 0 Å². The highest BCUT2D eigenvalue weighted by Gasteiger charge is 2.22. The molecule has 5 heteroatoms. The highest BCUT2D eigenvalue weighted by molar-refractivity contribution is 7.89. The molecule has 0 bridgehead atoms. The van der Waals surface area contributed by atoms with E-state index in [2.05, 4.69) is 4.72 Å². The van der Waals surface area contributed by atoms with Crippen LogP contribution in [0, 0.1) is 26.7 Å². The number of sulfonamides is 1. The van der Waals surface area contributed by atoms with Crippen molar-refractivity contribution in [1.29, 1.82) is 0 Å². The first-order valence-corrected chi connectivity index (χ1v) is 7.83. The van der Waals surface area contributed by atoms with Gasteiger partial charge in [0.2, 0.25) is 10.0 Å². The number of rotatable bonds is 5. The number of hydrogen-bond acceptors (Lipinski definition) is 3. The number of benzene rings is 1. The summed E-state index contributed by atoms with van der Waals surface area (Å²) in [6.07, 6.45) is 0. The first-order valence-electron chi connectivity index (χ1n) is 6.35. The summed E-state index contributed by atoms with van der Waals surface area (Å²) < 4.78 is 32.7. The zero-order valence-corrected chi connectivity index (χ0v) is 13.3. The third-order valence-corrected chi connectivity index (χ3v) is 4.86. The number of hydrogen-bond donors (Lipinski definition) is 1. The van der Waals surface area contributed by atoms with E-state index in [9.17, 15) is 8.42 Å². The third kappa shape index (κ3) is 3.48. The van der Waals surface area contributed by atoms with E-state index in [4.69, 9.17) is 4.74 Å². The molecule has 0 atom stereocenters. The van der Waals surface area contributed by atoms with Gasteiger partial charge in [-0.2, -0.15) is 0 Å². The molecule has 0 aliphatic rings. The fourth-order valence-electron chi connectivity index (χ4n) is 2.00. The van der Waals surface area contributed by atoms with E-state index in [0.29, 0.717) is 17.0 Å². The molecule has 19 heavy (non-hydrogen) atoms.